The molecule has 5 heteroatoms. The van der Waals surface area contributed by atoms with Gasteiger partial charge in [-0.2, -0.15) is 0 Å². The Kier molecular flexibility index (Phi) is 4.47. The lowest BCUT2D eigenvalue weighted by atomic mass is 9.80. The number of thiazole rings is 1. The van der Waals surface area contributed by atoms with Crippen LogP contribution in [0.25, 0.3) is 0 Å². The molecule has 3 aromatic rings. The van der Waals surface area contributed by atoms with Crippen molar-refractivity contribution in [2.75, 3.05) is 18.4 Å². The average Bonchev–Trinajstić information content (AvgIpc) is 3.34. The molecular weight excluding hydrogens is 342 g/mol. The average molecular weight is 363 g/mol. The molecule has 2 amide bonds. The molecule has 2 aromatic carbocycles. The Morgan fingerprint density at radius 2 is 1.92 bits per heavy atom. The first-order valence-electron chi connectivity index (χ1n) is 8.75. The summed E-state index contributed by atoms with van der Waals surface area (Å²) in [6.07, 6.45) is 2.73. The first kappa shape index (κ1) is 16.8. The summed E-state index contributed by atoms with van der Waals surface area (Å²) in [5.74, 6) is 0. The van der Waals surface area contributed by atoms with Crippen molar-refractivity contribution < 1.29 is 4.79 Å². The summed E-state index contributed by atoms with van der Waals surface area (Å²) in [4.78, 5) is 19.3. The smallest absolute Gasteiger partial charge is 0.321 e. The normalized spacial score (nSPS) is 19.5. The standard InChI is InChI=1S/C21H21N3OS/c1-16-7-9-17(10-8-16)21(19-22-12-14-26-19)11-13-24(15-21)20(25)23-18-5-3-2-4-6-18/h2-10,12,14H,11,13,15H2,1H3,(H,23,25)/t21-/m1/s1. The van der Waals surface area contributed by atoms with E-state index in [1.807, 2.05) is 46.8 Å². The number of nitrogens with one attached hydrogen (secondary N) is 1. The Morgan fingerprint density at radius 1 is 1.15 bits per heavy atom. The minimum atomic E-state index is -0.226. The van der Waals surface area contributed by atoms with Crippen LogP contribution in [0.3, 0.4) is 0 Å². The second-order valence-corrected chi connectivity index (χ2v) is 7.65. The molecule has 4 nitrogen and oxygen atoms in total. The number of likely N-dealkylation sites (tertiary alicyclic amines) is 1. The molecule has 0 aliphatic carbocycles. The number of rotatable bonds is 3. The van der Waals surface area contributed by atoms with Crippen molar-refractivity contribution in [3.05, 3.63) is 82.3 Å². The number of hydrogen-bond donors (Lipinski definition) is 1. The highest BCUT2D eigenvalue weighted by Crippen LogP contribution is 2.42. The first-order valence-corrected chi connectivity index (χ1v) is 9.63. The van der Waals surface area contributed by atoms with E-state index in [0.29, 0.717) is 13.1 Å². The second-order valence-electron chi connectivity index (χ2n) is 6.75. The molecule has 4 rings (SSSR count). The van der Waals surface area contributed by atoms with E-state index in [0.717, 1.165) is 17.1 Å². The maximum absolute atomic E-state index is 12.8. The molecule has 0 spiro atoms. The van der Waals surface area contributed by atoms with E-state index in [4.69, 9.17) is 0 Å². The number of carbonyl (C=O) groups is 1. The van der Waals surface area contributed by atoms with E-state index in [9.17, 15) is 4.79 Å². The third-order valence-electron chi connectivity index (χ3n) is 5.03. The third-order valence-corrected chi connectivity index (χ3v) is 6.00. The van der Waals surface area contributed by atoms with Crippen LogP contribution in [0.15, 0.2) is 66.2 Å². The number of aromatic nitrogens is 1. The lowest BCUT2D eigenvalue weighted by Gasteiger charge is -2.28. The fourth-order valence-electron chi connectivity index (χ4n) is 3.57. The molecule has 1 fully saturated rings. The Hall–Kier alpha value is -2.66. The first-order chi connectivity index (χ1) is 12.7. The van der Waals surface area contributed by atoms with Crippen LogP contribution < -0.4 is 5.32 Å². The van der Waals surface area contributed by atoms with Crippen molar-refractivity contribution in [2.24, 2.45) is 0 Å². The lowest BCUT2D eigenvalue weighted by Crippen LogP contribution is -2.37. The summed E-state index contributed by atoms with van der Waals surface area (Å²) in [5.41, 5.74) is 3.06. The maximum Gasteiger partial charge on any atom is 0.321 e. The van der Waals surface area contributed by atoms with Gasteiger partial charge in [-0.25, -0.2) is 9.78 Å². The number of hydrogen-bond acceptors (Lipinski definition) is 3. The van der Waals surface area contributed by atoms with Crippen LogP contribution >= 0.6 is 11.3 Å². The van der Waals surface area contributed by atoms with Gasteiger partial charge in [-0.3, -0.25) is 0 Å². The minimum Gasteiger partial charge on any atom is -0.323 e. The lowest BCUT2D eigenvalue weighted by molar-refractivity contribution is 0.220. The number of urea groups is 1. The van der Waals surface area contributed by atoms with Crippen LogP contribution in [0.5, 0.6) is 0 Å². The van der Waals surface area contributed by atoms with Crippen LogP contribution in [0, 0.1) is 6.92 Å². The Balaban J connectivity index is 1.61. The van der Waals surface area contributed by atoms with Crippen LogP contribution in [0.1, 0.15) is 22.6 Å². The van der Waals surface area contributed by atoms with Gasteiger partial charge in [0.2, 0.25) is 0 Å². The van der Waals surface area contributed by atoms with Gasteiger partial charge in [0, 0.05) is 30.4 Å². The number of para-hydroxylation sites is 1. The van der Waals surface area contributed by atoms with Crippen LogP contribution in [-0.4, -0.2) is 29.0 Å². The quantitative estimate of drug-likeness (QED) is 0.735. The molecule has 1 N–H and O–H groups in total. The molecule has 1 aliphatic rings. The fraction of sp³-hybridized carbons (Fsp3) is 0.238. The molecule has 132 valence electrons. The molecule has 0 unspecified atom stereocenters. The minimum absolute atomic E-state index is 0.0539. The Bertz CT molecular complexity index is 877. The molecule has 0 bridgehead atoms. The van der Waals surface area contributed by atoms with Gasteiger partial charge in [0.25, 0.3) is 0 Å². The topological polar surface area (TPSA) is 45.2 Å². The van der Waals surface area contributed by atoms with Gasteiger partial charge in [0.05, 0.1) is 5.41 Å². The number of carbonyl (C=O) groups excluding carboxylic acids is 1. The number of aryl methyl sites for hydroxylation is 1. The van der Waals surface area contributed by atoms with E-state index >= 15 is 0 Å². The summed E-state index contributed by atoms with van der Waals surface area (Å²) in [6.45, 7) is 3.45. The third kappa shape index (κ3) is 3.10. The van der Waals surface area contributed by atoms with E-state index in [1.165, 1.54) is 11.1 Å². The summed E-state index contributed by atoms with van der Waals surface area (Å²) in [7, 11) is 0. The zero-order chi connectivity index (χ0) is 18.0. The van der Waals surface area contributed by atoms with E-state index in [2.05, 4.69) is 41.5 Å². The van der Waals surface area contributed by atoms with Crippen molar-refractivity contribution in [2.45, 2.75) is 18.8 Å². The number of anilines is 1. The van der Waals surface area contributed by atoms with Gasteiger partial charge in [0.1, 0.15) is 5.01 Å². The summed E-state index contributed by atoms with van der Waals surface area (Å²) < 4.78 is 0. The summed E-state index contributed by atoms with van der Waals surface area (Å²) >= 11 is 1.67. The zero-order valence-corrected chi connectivity index (χ0v) is 15.5. The van der Waals surface area contributed by atoms with Crippen molar-refractivity contribution >= 4 is 23.1 Å². The highest BCUT2D eigenvalue weighted by molar-refractivity contribution is 7.09. The molecule has 1 aromatic heterocycles. The molecular formula is C21H21N3OS. The highest BCUT2D eigenvalue weighted by atomic mass is 32.1. The van der Waals surface area contributed by atoms with Gasteiger partial charge in [-0.05, 0) is 31.0 Å². The molecule has 1 saturated heterocycles. The number of amides is 2. The monoisotopic (exact) mass is 363 g/mol. The Morgan fingerprint density at radius 3 is 2.62 bits per heavy atom. The second kappa shape index (κ2) is 6.92. The van der Waals surface area contributed by atoms with Crippen molar-refractivity contribution in [1.29, 1.82) is 0 Å². The molecule has 0 radical (unpaired) electrons. The number of benzene rings is 2. The number of nitrogens with zero attached hydrogens (tertiary/aromatic N) is 2. The highest BCUT2D eigenvalue weighted by Gasteiger charge is 2.44. The summed E-state index contributed by atoms with van der Waals surface area (Å²) in [5, 5.41) is 6.09. The SMILES string of the molecule is Cc1ccc([C@@]2(c3nccs3)CCN(C(=O)Nc3ccccc3)C2)cc1. The predicted molar refractivity (Wildman–Crippen MR) is 106 cm³/mol. The molecule has 2 heterocycles. The van der Waals surface area contributed by atoms with E-state index in [-0.39, 0.29) is 11.4 Å². The summed E-state index contributed by atoms with van der Waals surface area (Å²) in [6, 6.07) is 18.2. The van der Waals surface area contributed by atoms with Gasteiger partial charge in [0.15, 0.2) is 0 Å². The van der Waals surface area contributed by atoms with Crippen molar-refractivity contribution in [1.82, 2.24) is 9.88 Å². The van der Waals surface area contributed by atoms with Gasteiger partial charge in [-0.1, -0.05) is 48.0 Å². The van der Waals surface area contributed by atoms with Crippen LogP contribution in [0.4, 0.5) is 10.5 Å². The van der Waals surface area contributed by atoms with Crippen LogP contribution in [-0.2, 0) is 5.41 Å². The van der Waals surface area contributed by atoms with Crippen molar-refractivity contribution in [3.63, 3.8) is 0 Å². The maximum atomic E-state index is 12.8. The van der Waals surface area contributed by atoms with Crippen LogP contribution in [0.2, 0.25) is 0 Å². The van der Waals surface area contributed by atoms with E-state index < -0.39 is 0 Å². The Labute approximate surface area is 157 Å². The molecule has 0 saturated carbocycles. The van der Waals surface area contributed by atoms with Crippen molar-refractivity contribution in [3.8, 4) is 0 Å². The molecule has 1 aliphatic heterocycles. The fourth-order valence-corrected chi connectivity index (χ4v) is 4.46. The van der Waals surface area contributed by atoms with Gasteiger partial charge < -0.3 is 10.2 Å². The largest absolute Gasteiger partial charge is 0.323 e. The zero-order valence-electron chi connectivity index (χ0n) is 14.7. The molecule has 1 atom stereocenters. The van der Waals surface area contributed by atoms with E-state index in [1.54, 1.807) is 11.3 Å². The van der Waals surface area contributed by atoms with Gasteiger partial charge >= 0.3 is 6.03 Å². The molecule has 26 heavy (non-hydrogen) atoms. The predicted octanol–water partition coefficient (Wildman–Crippen LogP) is 4.68. The van der Waals surface area contributed by atoms with Gasteiger partial charge in [-0.15, -0.1) is 11.3 Å².